The standard InChI is InChI=1S/C12H11N3O4/c1-18-11(16)7-10(12(17)19-2)15-9-6-4-3-5-8(9)13-14-15/h3-7H,1-2H3. The molecule has 0 radical (unpaired) electrons. The third-order valence-electron chi connectivity index (χ3n) is 2.43. The Morgan fingerprint density at radius 1 is 1.21 bits per heavy atom. The minimum Gasteiger partial charge on any atom is -0.466 e. The molecule has 0 unspecified atom stereocenters. The van der Waals surface area contributed by atoms with E-state index in [4.69, 9.17) is 0 Å². The highest BCUT2D eigenvalue weighted by Crippen LogP contribution is 2.15. The molecule has 19 heavy (non-hydrogen) atoms. The fourth-order valence-electron chi connectivity index (χ4n) is 1.53. The normalized spacial score (nSPS) is 11.4. The summed E-state index contributed by atoms with van der Waals surface area (Å²) < 4.78 is 10.4. The third kappa shape index (κ3) is 2.44. The van der Waals surface area contributed by atoms with Crippen molar-refractivity contribution in [2.45, 2.75) is 0 Å². The molecule has 0 atom stereocenters. The monoisotopic (exact) mass is 261 g/mol. The molecule has 2 rings (SSSR count). The lowest BCUT2D eigenvalue weighted by Crippen LogP contribution is -2.14. The number of methoxy groups -OCH3 is 2. The summed E-state index contributed by atoms with van der Waals surface area (Å²) in [4.78, 5) is 23.0. The van der Waals surface area contributed by atoms with Crippen LogP contribution in [-0.4, -0.2) is 41.2 Å². The van der Waals surface area contributed by atoms with Crippen molar-refractivity contribution >= 4 is 28.7 Å². The van der Waals surface area contributed by atoms with Gasteiger partial charge in [0, 0.05) is 0 Å². The Kier molecular flexibility index (Phi) is 3.56. The van der Waals surface area contributed by atoms with E-state index >= 15 is 0 Å². The van der Waals surface area contributed by atoms with Crippen LogP contribution in [0.25, 0.3) is 16.7 Å². The summed E-state index contributed by atoms with van der Waals surface area (Å²) in [6.07, 6.45) is 1.01. The lowest BCUT2D eigenvalue weighted by molar-refractivity contribution is -0.137. The summed E-state index contributed by atoms with van der Waals surface area (Å²) in [6.45, 7) is 0. The second-order valence-corrected chi connectivity index (χ2v) is 3.53. The zero-order valence-electron chi connectivity index (χ0n) is 10.4. The van der Waals surface area contributed by atoms with Crippen LogP contribution < -0.4 is 0 Å². The molecule has 1 aromatic carbocycles. The maximum atomic E-state index is 11.7. The van der Waals surface area contributed by atoms with Crippen LogP contribution in [0.4, 0.5) is 0 Å². The van der Waals surface area contributed by atoms with Gasteiger partial charge in [0.2, 0.25) is 0 Å². The first-order chi connectivity index (χ1) is 9.17. The van der Waals surface area contributed by atoms with Gasteiger partial charge in [-0.1, -0.05) is 17.3 Å². The van der Waals surface area contributed by atoms with Gasteiger partial charge in [0.25, 0.3) is 0 Å². The molecule has 0 spiro atoms. The van der Waals surface area contributed by atoms with Gasteiger partial charge in [-0.25, -0.2) is 14.3 Å². The number of benzene rings is 1. The smallest absolute Gasteiger partial charge is 0.357 e. The Morgan fingerprint density at radius 2 is 1.95 bits per heavy atom. The number of esters is 2. The quantitative estimate of drug-likeness (QED) is 0.595. The SMILES string of the molecule is COC(=O)C=C(C(=O)OC)n1nnc2ccccc21. The van der Waals surface area contributed by atoms with E-state index in [1.165, 1.54) is 18.9 Å². The van der Waals surface area contributed by atoms with Gasteiger partial charge in [-0.2, -0.15) is 0 Å². The Morgan fingerprint density at radius 3 is 2.63 bits per heavy atom. The van der Waals surface area contributed by atoms with E-state index in [0.29, 0.717) is 11.0 Å². The summed E-state index contributed by atoms with van der Waals surface area (Å²) in [5.74, 6) is -1.39. The Bertz CT molecular complexity index is 660. The van der Waals surface area contributed by atoms with Gasteiger partial charge in [0.15, 0.2) is 5.70 Å². The van der Waals surface area contributed by atoms with E-state index in [0.717, 1.165) is 6.08 Å². The molecule has 0 N–H and O–H groups in total. The number of nitrogens with zero attached hydrogens (tertiary/aromatic N) is 3. The first-order valence-electron chi connectivity index (χ1n) is 5.36. The Labute approximate surface area is 108 Å². The fraction of sp³-hybridized carbons (Fsp3) is 0.167. The highest BCUT2D eigenvalue weighted by Gasteiger charge is 2.18. The molecule has 2 aromatic rings. The molecule has 0 amide bonds. The highest BCUT2D eigenvalue weighted by atomic mass is 16.5. The first kappa shape index (κ1) is 12.7. The molecule has 0 aliphatic heterocycles. The zero-order valence-corrected chi connectivity index (χ0v) is 10.4. The van der Waals surface area contributed by atoms with E-state index in [9.17, 15) is 9.59 Å². The number of fused-ring (bicyclic) bond motifs is 1. The van der Waals surface area contributed by atoms with E-state index in [1.807, 2.05) is 0 Å². The maximum absolute atomic E-state index is 11.7. The molecule has 98 valence electrons. The highest BCUT2D eigenvalue weighted by molar-refractivity contribution is 6.15. The molecule has 0 bridgehead atoms. The number of hydrogen-bond acceptors (Lipinski definition) is 6. The molecule has 7 heteroatoms. The molecular formula is C12H11N3O4. The zero-order chi connectivity index (χ0) is 13.8. The van der Waals surface area contributed by atoms with Crippen LogP contribution in [0.3, 0.4) is 0 Å². The van der Waals surface area contributed by atoms with Crippen LogP contribution in [0.1, 0.15) is 0 Å². The van der Waals surface area contributed by atoms with Gasteiger partial charge in [0.05, 0.1) is 25.8 Å². The summed E-state index contributed by atoms with van der Waals surface area (Å²) in [5, 5.41) is 7.74. The summed E-state index contributed by atoms with van der Waals surface area (Å²) >= 11 is 0. The maximum Gasteiger partial charge on any atom is 0.357 e. The van der Waals surface area contributed by atoms with E-state index in [2.05, 4.69) is 19.8 Å². The van der Waals surface area contributed by atoms with Crippen molar-refractivity contribution < 1.29 is 19.1 Å². The molecule has 7 nitrogen and oxygen atoms in total. The summed E-state index contributed by atoms with van der Waals surface area (Å²) in [5.41, 5.74) is 1.12. The van der Waals surface area contributed by atoms with Crippen molar-refractivity contribution in [2.24, 2.45) is 0 Å². The molecule has 0 aliphatic carbocycles. The van der Waals surface area contributed by atoms with Gasteiger partial charge in [0.1, 0.15) is 5.52 Å². The molecule has 0 aliphatic rings. The second-order valence-electron chi connectivity index (χ2n) is 3.53. The average Bonchev–Trinajstić information content (AvgIpc) is 2.87. The largest absolute Gasteiger partial charge is 0.466 e. The molecule has 0 saturated heterocycles. The van der Waals surface area contributed by atoms with Crippen LogP contribution in [0.2, 0.25) is 0 Å². The van der Waals surface area contributed by atoms with Crippen LogP contribution >= 0.6 is 0 Å². The molecule has 0 fully saturated rings. The average molecular weight is 261 g/mol. The first-order valence-corrected chi connectivity index (χ1v) is 5.36. The number of para-hydroxylation sites is 1. The van der Waals surface area contributed by atoms with Crippen molar-refractivity contribution in [3.05, 3.63) is 30.3 Å². The topological polar surface area (TPSA) is 83.3 Å². The number of rotatable bonds is 3. The van der Waals surface area contributed by atoms with Crippen LogP contribution in [-0.2, 0) is 19.1 Å². The Hall–Kier alpha value is -2.70. The second kappa shape index (κ2) is 5.30. The minimum absolute atomic E-state index is 0.0666. The number of carbonyl (C=O) groups is 2. The molecule has 1 aromatic heterocycles. The van der Waals surface area contributed by atoms with Crippen molar-refractivity contribution in [3.63, 3.8) is 0 Å². The predicted octanol–water partition coefficient (Wildman–Crippen LogP) is 0.618. The predicted molar refractivity (Wildman–Crippen MR) is 65.8 cm³/mol. The van der Waals surface area contributed by atoms with E-state index in [1.54, 1.807) is 24.3 Å². The van der Waals surface area contributed by atoms with Crippen molar-refractivity contribution in [2.75, 3.05) is 14.2 Å². The lowest BCUT2D eigenvalue weighted by atomic mass is 10.3. The number of aromatic nitrogens is 3. The van der Waals surface area contributed by atoms with Crippen LogP contribution in [0, 0.1) is 0 Å². The van der Waals surface area contributed by atoms with Gasteiger partial charge in [-0.15, -0.1) is 5.10 Å². The summed E-state index contributed by atoms with van der Waals surface area (Å²) in [6, 6.07) is 7.04. The van der Waals surface area contributed by atoms with Crippen molar-refractivity contribution in [1.82, 2.24) is 15.0 Å². The molecule has 1 heterocycles. The number of carbonyl (C=O) groups excluding carboxylic acids is 2. The van der Waals surface area contributed by atoms with Crippen LogP contribution in [0.5, 0.6) is 0 Å². The minimum atomic E-state index is -0.707. The summed E-state index contributed by atoms with van der Waals surface area (Å²) in [7, 11) is 2.43. The van der Waals surface area contributed by atoms with Gasteiger partial charge in [-0.05, 0) is 12.1 Å². The third-order valence-corrected chi connectivity index (χ3v) is 2.43. The number of hydrogen-bond donors (Lipinski definition) is 0. The van der Waals surface area contributed by atoms with Crippen LogP contribution in [0.15, 0.2) is 30.3 Å². The van der Waals surface area contributed by atoms with Gasteiger partial charge < -0.3 is 9.47 Å². The molecular weight excluding hydrogens is 250 g/mol. The fourth-order valence-corrected chi connectivity index (χ4v) is 1.53. The Balaban J connectivity index is 2.58. The van der Waals surface area contributed by atoms with Gasteiger partial charge in [-0.3, -0.25) is 0 Å². The number of ether oxygens (including phenoxy) is 2. The molecule has 0 saturated carbocycles. The van der Waals surface area contributed by atoms with E-state index in [-0.39, 0.29) is 5.70 Å². The van der Waals surface area contributed by atoms with E-state index < -0.39 is 11.9 Å². The van der Waals surface area contributed by atoms with Crippen molar-refractivity contribution in [1.29, 1.82) is 0 Å². The van der Waals surface area contributed by atoms with Crippen molar-refractivity contribution in [3.8, 4) is 0 Å². The van der Waals surface area contributed by atoms with Gasteiger partial charge >= 0.3 is 11.9 Å². The lowest BCUT2D eigenvalue weighted by Gasteiger charge is -2.05.